The number of allylic oxidation sites excluding steroid dienone is 1. The summed E-state index contributed by atoms with van der Waals surface area (Å²) in [6.45, 7) is 9.26. The van der Waals surface area contributed by atoms with Crippen LogP contribution in [0, 0.1) is 5.82 Å². The average molecular weight is 420 g/mol. The molecule has 0 amide bonds. The number of rotatable bonds is 11. The summed E-state index contributed by atoms with van der Waals surface area (Å²) in [5.41, 5.74) is 4.94. The van der Waals surface area contributed by atoms with Crippen LogP contribution in [-0.2, 0) is 26.0 Å². The van der Waals surface area contributed by atoms with Crippen molar-refractivity contribution in [2.75, 3.05) is 11.9 Å². The normalized spacial score (nSPS) is 10.5. The molecule has 0 aromatic heterocycles. The van der Waals surface area contributed by atoms with Gasteiger partial charge in [-0.25, -0.2) is 4.39 Å². The lowest BCUT2D eigenvalue weighted by Gasteiger charge is -2.18. The smallest absolute Gasteiger partial charge is 0.165 e. The highest BCUT2D eigenvalue weighted by atomic mass is 19.1. The van der Waals surface area contributed by atoms with Crippen LogP contribution in [0.4, 0.5) is 10.1 Å². The molecule has 0 fully saturated rings. The van der Waals surface area contributed by atoms with Crippen LogP contribution in [0.1, 0.15) is 36.1 Å². The van der Waals surface area contributed by atoms with Gasteiger partial charge in [0.2, 0.25) is 0 Å². The minimum atomic E-state index is -0.277. The van der Waals surface area contributed by atoms with E-state index in [0.717, 1.165) is 23.2 Å². The van der Waals surface area contributed by atoms with Crippen LogP contribution in [-0.4, -0.2) is 6.61 Å². The highest BCUT2D eigenvalue weighted by Gasteiger charge is 2.14. The summed E-state index contributed by atoms with van der Waals surface area (Å²) in [6, 6.07) is 19.2. The molecule has 31 heavy (non-hydrogen) atoms. The molecule has 0 saturated heterocycles. The first-order chi connectivity index (χ1) is 15.1. The maximum absolute atomic E-state index is 14.0. The van der Waals surface area contributed by atoms with E-state index in [0.29, 0.717) is 36.6 Å². The number of benzene rings is 3. The van der Waals surface area contributed by atoms with E-state index in [4.69, 9.17) is 9.47 Å². The fraction of sp³-hybridized carbons (Fsp3) is 0.259. The van der Waals surface area contributed by atoms with Crippen LogP contribution in [0.5, 0.6) is 11.5 Å². The molecule has 0 unspecified atom stereocenters. The van der Waals surface area contributed by atoms with Crippen molar-refractivity contribution in [3.05, 3.63) is 101 Å². The second-order valence-corrected chi connectivity index (χ2v) is 7.29. The van der Waals surface area contributed by atoms with Gasteiger partial charge in [-0.1, -0.05) is 43.3 Å². The highest BCUT2D eigenvalue weighted by molar-refractivity contribution is 5.52. The molecule has 4 heteroatoms. The quantitative estimate of drug-likeness (QED) is 0.351. The number of nitrogens with one attached hydrogen (secondary N) is 1. The first kappa shape index (κ1) is 22.4. The van der Waals surface area contributed by atoms with Crippen LogP contribution in [0.2, 0.25) is 0 Å². The zero-order chi connectivity index (χ0) is 22.1. The molecule has 3 rings (SSSR count). The molecular formula is C27H30FNO2. The van der Waals surface area contributed by atoms with E-state index in [9.17, 15) is 4.39 Å². The number of halogens is 1. The Hall–Kier alpha value is -3.27. The third-order valence-electron chi connectivity index (χ3n) is 5.04. The van der Waals surface area contributed by atoms with Crippen molar-refractivity contribution in [2.24, 2.45) is 0 Å². The van der Waals surface area contributed by atoms with E-state index in [2.05, 4.69) is 49.2 Å². The Bertz CT molecular complexity index is 999. The lowest BCUT2D eigenvalue weighted by Crippen LogP contribution is -2.06. The first-order valence-corrected chi connectivity index (χ1v) is 10.7. The largest absolute Gasteiger partial charge is 0.490 e. The van der Waals surface area contributed by atoms with Crippen LogP contribution in [0.25, 0.3) is 0 Å². The van der Waals surface area contributed by atoms with Gasteiger partial charge in [-0.3, -0.25) is 0 Å². The molecule has 3 aromatic rings. The van der Waals surface area contributed by atoms with Gasteiger partial charge in [-0.2, -0.15) is 0 Å². The van der Waals surface area contributed by atoms with Gasteiger partial charge in [-0.05, 0) is 61.2 Å². The maximum Gasteiger partial charge on any atom is 0.165 e. The molecule has 0 aliphatic heterocycles. The first-order valence-electron chi connectivity index (χ1n) is 10.7. The Labute approximate surface area is 184 Å². The molecule has 0 saturated carbocycles. The summed E-state index contributed by atoms with van der Waals surface area (Å²) < 4.78 is 26.0. The molecule has 3 nitrogen and oxygen atoms in total. The second kappa shape index (κ2) is 11.2. The standard InChI is InChI=1S/C27H30FNO2/c1-4-9-22-16-21(18-29-24-14-12-20(5-2)13-15-24)17-26(30-6-3)27(22)31-19-23-10-7-8-11-25(23)28/h4,7-8,10-17,29H,1,5-6,9,18-19H2,2-3H3. The highest BCUT2D eigenvalue weighted by Crippen LogP contribution is 2.35. The minimum absolute atomic E-state index is 0.137. The number of ether oxygens (including phenoxy) is 2. The third kappa shape index (κ3) is 6.11. The fourth-order valence-corrected chi connectivity index (χ4v) is 3.39. The second-order valence-electron chi connectivity index (χ2n) is 7.29. The third-order valence-corrected chi connectivity index (χ3v) is 5.04. The van der Waals surface area contributed by atoms with Crippen LogP contribution < -0.4 is 14.8 Å². The SMILES string of the molecule is C=CCc1cc(CNc2ccc(CC)cc2)cc(OCC)c1OCc1ccccc1F. The van der Waals surface area contributed by atoms with Gasteiger partial charge in [0.15, 0.2) is 11.5 Å². The van der Waals surface area contributed by atoms with E-state index >= 15 is 0 Å². The minimum Gasteiger partial charge on any atom is -0.490 e. The van der Waals surface area contributed by atoms with Crippen LogP contribution in [0.15, 0.2) is 73.3 Å². The Morgan fingerprint density at radius 2 is 1.71 bits per heavy atom. The molecule has 0 radical (unpaired) electrons. The molecule has 0 atom stereocenters. The Morgan fingerprint density at radius 1 is 0.935 bits per heavy atom. The van der Waals surface area contributed by atoms with Gasteiger partial charge in [0.25, 0.3) is 0 Å². The van der Waals surface area contributed by atoms with E-state index in [1.165, 1.54) is 11.6 Å². The zero-order valence-corrected chi connectivity index (χ0v) is 18.3. The fourth-order valence-electron chi connectivity index (χ4n) is 3.39. The number of hydrogen-bond acceptors (Lipinski definition) is 3. The molecule has 0 aliphatic carbocycles. The average Bonchev–Trinajstić information content (AvgIpc) is 2.79. The van der Waals surface area contributed by atoms with Gasteiger partial charge < -0.3 is 14.8 Å². The van der Waals surface area contributed by atoms with Gasteiger partial charge >= 0.3 is 0 Å². The molecule has 0 spiro atoms. The summed E-state index contributed by atoms with van der Waals surface area (Å²) in [5, 5.41) is 3.46. The van der Waals surface area contributed by atoms with E-state index < -0.39 is 0 Å². The van der Waals surface area contributed by atoms with Gasteiger partial charge in [-0.15, -0.1) is 6.58 Å². The topological polar surface area (TPSA) is 30.5 Å². The van der Waals surface area contributed by atoms with Gasteiger partial charge in [0.05, 0.1) is 6.61 Å². The van der Waals surface area contributed by atoms with Crippen molar-refractivity contribution >= 4 is 5.69 Å². The summed E-state index contributed by atoms with van der Waals surface area (Å²) in [5.74, 6) is 1.03. The maximum atomic E-state index is 14.0. The van der Waals surface area contributed by atoms with Crippen molar-refractivity contribution in [1.29, 1.82) is 0 Å². The molecular weight excluding hydrogens is 389 g/mol. The number of hydrogen-bond donors (Lipinski definition) is 1. The Kier molecular flexibility index (Phi) is 8.11. The predicted molar refractivity (Wildman–Crippen MR) is 125 cm³/mol. The summed E-state index contributed by atoms with van der Waals surface area (Å²) >= 11 is 0. The molecule has 0 heterocycles. The van der Waals surface area contributed by atoms with E-state index in [1.54, 1.807) is 18.2 Å². The van der Waals surface area contributed by atoms with E-state index in [1.807, 2.05) is 19.1 Å². The molecule has 0 aliphatic rings. The van der Waals surface area contributed by atoms with Crippen molar-refractivity contribution in [3.8, 4) is 11.5 Å². The predicted octanol–water partition coefficient (Wildman–Crippen LogP) is 6.71. The lowest BCUT2D eigenvalue weighted by molar-refractivity contribution is 0.263. The molecule has 1 N–H and O–H groups in total. The van der Waals surface area contributed by atoms with Crippen LogP contribution in [0.3, 0.4) is 0 Å². The molecule has 0 bridgehead atoms. The monoisotopic (exact) mass is 419 g/mol. The molecule has 162 valence electrons. The van der Waals surface area contributed by atoms with Crippen molar-refractivity contribution in [2.45, 2.75) is 39.8 Å². The summed E-state index contributed by atoms with van der Waals surface area (Å²) in [7, 11) is 0. The van der Waals surface area contributed by atoms with Crippen molar-refractivity contribution in [1.82, 2.24) is 0 Å². The van der Waals surface area contributed by atoms with Gasteiger partial charge in [0.1, 0.15) is 12.4 Å². The summed E-state index contributed by atoms with van der Waals surface area (Å²) in [6.07, 6.45) is 3.49. The molecule has 3 aromatic carbocycles. The van der Waals surface area contributed by atoms with Crippen LogP contribution >= 0.6 is 0 Å². The Balaban J connectivity index is 1.82. The number of anilines is 1. The summed E-state index contributed by atoms with van der Waals surface area (Å²) in [4.78, 5) is 0. The number of aryl methyl sites for hydroxylation is 1. The van der Waals surface area contributed by atoms with Crippen molar-refractivity contribution in [3.63, 3.8) is 0 Å². The van der Waals surface area contributed by atoms with E-state index in [-0.39, 0.29) is 12.4 Å². The van der Waals surface area contributed by atoms with Crippen molar-refractivity contribution < 1.29 is 13.9 Å². The zero-order valence-electron chi connectivity index (χ0n) is 18.3. The van der Waals surface area contributed by atoms with Gasteiger partial charge in [0, 0.05) is 23.4 Å². The lowest BCUT2D eigenvalue weighted by atomic mass is 10.0. The Morgan fingerprint density at radius 3 is 2.39 bits per heavy atom.